The van der Waals surface area contributed by atoms with E-state index in [2.05, 4.69) is 79.1 Å². The minimum absolute atomic E-state index is 0. The molecule has 0 spiro atoms. The number of piperidine rings is 1. The number of aromatic nitrogens is 1. The minimum atomic E-state index is 0. The molecule has 1 aromatic rings. The molecule has 2 rings (SSSR count). The second-order valence-corrected chi connectivity index (χ2v) is 8.64. The highest BCUT2D eigenvalue weighted by atomic mass is 127. The maximum atomic E-state index is 4.83. The minimum Gasteiger partial charge on any atom is -0.357 e. The highest BCUT2D eigenvalue weighted by Crippen LogP contribution is 2.18. The van der Waals surface area contributed by atoms with Gasteiger partial charge >= 0.3 is 0 Å². The molecule has 6 nitrogen and oxygen atoms in total. The topological polar surface area (TPSA) is 55.8 Å². The van der Waals surface area contributed by atoms with Gasteiger partial charge in [-0.15, -0.1) is 24.0 Å². The van der Waals surface area contributed by atoms with E-state index in [9.17, 15) is 0 Å². The third-order valence-corrected chi connectivity index (χ3v) is 5.57. The lowest BCUT2D eigenvalue weighted by molar-refractivity contribution is 0.174. The first kappa shape index (κ1) is 26.9. The highest BCUT2D eigenvalue weighted by molar-refractivity contribution is 14.0. The fourth-order valence-electron chi connectivity index (χ4n) is 3.97. The largest absolute Gasteiger partial charge is 0.357 e. The van der Waals surface area contributed by atoms with Crippen LogP contribution in [-0.4, -0.2) is 66.7 Å². The van der Waals surface area contributed by atoms with Gasteiger partial charge in [0.15, 0.2) is 5.96 Å². The van der Waals surface area contributed by atoms with Gasteiger partial charge in [-0.2, -0.15) is 0 Å². The average molecular weight is 531 g/mol. The number of nitrogens with one attached hydrogen (secondary N) is 2. The molecule has 1 fully saturated rings. The van der Waals surface area contributed by atoms with Crippen LogP contribution in [0.4, 0.5) is 5.82 Å². The standard InChI is InChI=1S/C23H42N6.HI/c1-7-24-23(25-13-8-14-29(18(2)3)19(4)5)27-21-11-15-28(16-12-21)22-10-9-20(6)17-26-22;/h9-10,17-19,21H,7-8,11-16H2,1-6H3,(H2,24,25,27);1H. The van der Waals surface area contributed by atoms with Crippen molar-refractivity contribution in [2.45, 2.75) is 78.9 Å². The average Bonchev–Trinajstić information content (AvgIpc) is 2.68. The Morgan fingerprint density at radius 1 is 1.20 bits per heavy atom. The van der Waals surface area contributed by atoms with E-state index in [1.165, 1.54) is 5.56 Å². The second kappa shape index (κ2) is 14.1. The SMILES string of the molecule is CCNC(=NCCCN(C(C)C)C(C)C)NC1CCN(c2ccc(C)cn2)CC1.I. The molecule has 1 aromatic heterocycles. The van der Waals surface area contributed by atoms with Gasteiger partial charge in [-0.25, -0.2) is 4.98 Å². The van der Waals surface area contributed by atoms with Crippen LogP contribution in [-0.2, 0) is 0 Å². The molecule has 1 saturated heterocycles. The monoisotopic (exact) mass is 530 g/mol. The Bertz CT molecular complexity index is 601. The maximum absolute atomic E-state index is 4.83. The normalized spacial score (nSPS) is 15.6. The van der Waals surface area contributed by atoms with E-state index in [0.29, 0.717) is 18.1 Å². The molecule has 1 aliphatic rings. The smallest absolute Gasteiger partial charge is 0.191 e. The Morgan fingerprint density at radius 2 is 1.87 bits per heavy atom. The van der Waals surface area contributed by atoms with Crippen molar-refractivity contribution in [2.75, 3.05) is 37.6 Å². The van der Waals surface area contributed by atoms with Crippen molar-refractivity contribution in [1.29, 1.82) is 0 Å². The van der Waals surface area contributed by atoms with Crippen LogP contribution in [0.15, 0.2) is 23.3 Å². The molecule has 0 amide bonds. The summed E-state index contributed by atoms with van der Waals surface area (Å²) >= 11 is 0. The molecule has 0 unspecified atom stereocenters. The number of aliphatic imine (C=N–C) groups is 1. The van der Waals surface area contributed by atoms with Gasteiger partial charge in [-0.1, -0.05) is 6.07 Å². The molecule has 0 bridgehead atoms. The number of pyridine rings is 1. The molecule has 0 saturated carbocycles. The van der Waals surface area contributed by atoms with Crippen molar-refractivity contribution in [2.24, 2.45) is 4.99 Å². The summed E-state index contributed by atoms with van der Waals surface area (Å²) in [6.07, 6.45) is 5.25. The third kappa shape index (κ3) is 8.96. The molecular weight excluding hydrogens is 487 g/mol. The molecule has 0 aromatic carbocycles. The molecule has 0 radical (unpaired) electrons. The number of rotatable bonds is 9. The Labute approximate surface area is 201 Å². The van der Waals surface area contributed by atoms with Gasteiger partial charge in [0.25, 0.3) is 0 Å². The summed E-state index contributed by atoms with van der Waals surface area (Å²) in [4.78, 5) is 14.3. The van der Waals surface area contributed by atoms with E-state index < -0.39 is 0 Å². The van der Waals surface area contributed by atoms with Crippen LogP contribution in [0.5, 0.6) is 0 Å². The first-order valence-corrected chi connectivity index (χ1v) is 11.4. The highest BCUT2D eigenvalue weighted by Gasteiger charge is 2.21. The number of aryl methyl sites for hydroxylation is 1. The van der Waals surface area contributed by atoms with Gasteiger partial charge in [0.1, 0.15) is 5.82 Å². The zero-order valence-corrected chi connectivity index (χ0v) is 22.1. The fourth-order valence-corrected chi connectivity index (χ4v) is 3.97. The number of hydrogen-bond acceptors (Lipinski definition) is 4. The lowest BCUT2D eigenvalue weighted by Gasteiger charge is -2.34. The molecular formula is C23H43IN6. The molecule has 2 heterocycles. The molecule has 172 valence electrons. The van der Waals surface area contributed by atoms with Crippen LogP contribution in [0.25, 0.3) is 0 Å². The Morgan fingerprint density at radius 3 is 2.40 bits per heavy atom. The van der Waals surface area contributed by atoms with Crippen molar-refractivity contribution in [3.05, 3.63) is 23.9 Å². The molecule has 0 atom stereocenters. The summed E-state index contributed by atoms with van der Waals surface area (Å²) in [5.74, 6) is 2.05. The summed E-state index contributed by atoms with van der Waals surface area (Å²) in [6, 6.07) is 5.91. The number of hydrogen-bond donors (Lipinski definition) is 2. The summed E-state index contributed by atoms with van der Waals surface area (Å²) in [7, 11) is 0. The van der Waals surface area contributed by atoms with Gasteiger partial charge < -0.3 is 15.5 Å². The van der Waals surface area contributed by atoms with E-state index >= 15 is 0 Å². The Hall–Kier alpha value is -1.09. The van der Waals surface area contributed by atoms with Crippen LogP contribution in [0.1, 0.15) is 59.4 Å². The van der Waals surface area contributed by atoms with Crippen molar-refractivity contribution >= 4 is 35.8 Å². The lowest BCUT2D eigenvalue weighted by Crippen LogP contribution is -2.49. The van der Waals surface area contributed by atoms with Crippen LogP contribution >= 0.6 is 24.0 Å². The zero-order valence-electron chi connectivity index (χ0n) is 19.8. The second-order valence-electron chi connectivity index (χ2n) is 8.64. The maximum Gasteiger partial charge on any atom is 0.191 e. The van der Waals surface area contributed by atoms with E-state index in [1.807, 2.05) is 6.20 Å². The fraction of sp³-hybridized carbons (Fsp3) is 0.739. The van der Waals surface area contributed by atoms with Crippen molar-refractivity contribution < 1.29 is 0 Å². The molecule has 1 aliphatic heterocycles. The van der Waals surface area contributed by atoms with Crippen LogP contribution in [0.3, 0.4) is 0 Å². The molecule has 0 aliphatic carbocycles. The summed E-state index contributed by atoms with van der Waals surface area (Å²) in [6.45, 7) is 18.2. The summed E-state index contributed by atoms with van der Waals surface area (Å²) < 4.78 is 0. The summed E-state index contributed by atoms with van der Waals surface area (Å²) in [5, 5.41) is 7.06. The van der Waals surface area contributed by atoms with Gasteiger partial charge in [0.2, 0.25) is 0 Å². The van der Waals surface area contributed by atoms with Crippen LogP contribution in [0, 0.1) is 6.92 Å². The number of anilines is 1. The third-order valence-electron chi connectivity index (χ3n) is 5.57. The first-order chi connectivity index (χ1) is 13.9. The van der Waals surface area contributed by atoms with Gasteiger partial charge in [-0.05, 0) is 72.4 Å². The van der Waals surface area contributed by atoms with Gasteiger partial charge in [0, 0.05) is 57.0 Å². The number of halogens is 1. The van der Waals surface area contributed by atoms with Crippen LogP contribution in [0.2, 0.25) is 0 Å². The Kier molecular flexibility index (Phi) is 12.6. The predicted molar refractivity (Wildman–Crippen MR) is 140 cm³/mol. The quantitative estimate of drug-likeness (QED) is 0.219. The van der Waals surface area contributed by atoms with E-state index in [0.717, 1.165) is 63.8 Å². The van der Waals surface area contributed by atoms with Crippen molar-refractivity contribution in [1.82, 2.24) is 20.5 Å². The predicted octanol–water partition coefficient (Wildman–Crippen LogP) is 4.04. The van der Waals surface area contributed by atoms with Gasteiger partial charge in [-0.3, -0.25) is 9.89 Å². The first-order valence-electron chi connectivity index (χ1n) is 11.4. The van der Waals surface area contributed by atoms with Crippen molar-refractivity contribution in [3.63, 3.8) is 0 Å². The van der Waals surface area contributed by atoms with E-state index in [1.54, 1.807) is 0 Å². The van der Waals surface area contributed by atoms with Crippen molar-refractivity contribution in [3.8, 4) is 0 Å². The molecule has 30 heavy (non-hydrogen) atoms. The number of nitrogens with zero attached hydrogens (tertiary/aromatic N) is 4. The van der Waals surface area contributed by atoms with E-state index in [-0.39, 0.29) is 24.0 Å². The number of guanidine groups is 1. The Balaban J connectivity index is 0.00000450. The molecule has 7 heteroatoms. The lowest BCUT2D eigenvalue weighted by atomic mass is 10.1. The van der Waals surface area contributed by atoms with Crippen LogP contribution < -0.4 is 15.5 Å². The van der Waals surface area contributed by atoms with E-state index in [4.69, 9.17) is 4.99 Å². The zero-order chi connectivity index (χ0) is 21.2. The summed E-state index contributed by atoms with van der Waals surface area (Å²) in [5.41, 5.74) is 1.21. The molecule has 2 N–H and O–H groups in total. The van der Waals surface area contributed by atoms with Gasteiger partial charge in [0.05, 0.1) is 0 Å².